The first-order valence-electron chi connectivity index (χ1n) is 6.48. The van der Waals surface area contributed by atoms with Crippen LogP contribution < -0.4 is 15.4 Å². The molecule has 0 saturated carbocycles. The highest BCUT2D eigenvalue weighted by Crippen LogP contribution is 2.32. The van der Waals surface area contributed by atoms with Gasteiger partial charge >= 0.3 is 0 Å². The van der Waals surface area contributed by atoms with Crippen LogP contribution in [-0.2, 0) is 4.74 Å². The lowest BCUT2D eigenvalue weighted by Crippen LogP contribution is -2.57. The highest BCUT2D eigenvalue weighted by Gasteiger charge is 2.38. The SMILES string of the molecule is COc1nc(N2CC(C)(C)OC(C)(C)C2)ccc1N. The minimum absolute atomic E-state index is 0.210. The average molecular weight is 265 g/mol. The second-order valence-electron chi connectivity index (χ2n) is 6.25. The first-order chi connectivity index (χ1) is 8.72. The second-order valence-corrected chi connectivity index (χ2v) is 6.25. The molecule has 0 unspecified atom stereocenters. The third kappa shape index (κ3) is 3.10. The van der Waals surface area contributed by atoms with Crippen molar-refractivity contribution in [2.24, 2.45) is 0 Å². The Hall–Kier alpha value is -1.49. The van der Waals surface area contributed by atoms with Gasteiger partial charge in [-0.1, -0.05) is 0 Å². The lowest BCUT2D eigenvalue weighted by molar-refractivity contribution is -0.133. The summed E-state index contributed by atoms with van der Waals surface area (Å²) < 4.78 is 11.3. The Bertz CT molecular complexity index is 456. The fraction of sp³-hybridized carbons (Fsp3) is 0.643. The Morgan fingerprint density at radius 3 is 2.32 bits per heavy atom. The molecule has 0 amide bonds. The number of hydrogen-bond acceptors (Lipinski definition) is 5. The minimum atomic E-state index is -0.210. The van der Waals surface area contributed by atoms with Crippen LogP contribution in [0.4, 0.5) is 11.5 Å². The van der Waals surface area contributed by atoms with Crippen LogP contribution in [-0.4, -0.2) is 36.4 Å². The molecule has 0 bridgehead atoms. The fourth-order valence-corrected chi connectivity index (χ4v) is 2.73. The summed E-state index contributed by atoms with van der Waals surface area (Å²) in [5, 5.41) is 0. The predicted octanol–water partition coefficient (Wildman–Crippen LogP) is 2.07. The van der Waals surface area contributed by atoms with Gasteiger partial charge in [-0.2, -0.15) is 4.98 Å². The van der Waals surface area contributed by atoms with E-state index >= 15 is 0 Å². The molecule has 5 nitrogen and oxygen atoms in total. The molecule has 5 heteroatoms. The average Bonchev–Trinajstić information content (AvgIpc) is 2.25. The van der Waals surface area contributed by atoms with Crippen LogP contribution in [0.15, 0.2) is 12.1 Å². The molecule has 2 heterocycles. The molecule has 1 aromatic heterocycles. The third-order valence-corrected chi connectivity index (χ3v) is 3.09. The van der Waals surface area contributed by atoms with Crippen molar-refractivity contribution in [2.45, 2.75) is 38.9 Å². The van der Waals surface area contributed by atoms with Crippen molar-refractivity contribution in [1.29, 1.82) is 0 Å². The van der Waals surface area contributed by atoms with Crippen molar-refractivity contribution >= 4 is 11.5 Å². The molecule has 0 radical (unpaired) electrons. The van der Waals surface area contributed by atoms with E-state index in [1.54, 1.807) is 7.11 Å². The van der Waals surface area contributed by atoms with E-state index in [9.17, 15) is 0 Å². The van der Waals surface area contributed by atoms with E-state index < -0.39 is 0 Å². The molecular formula is C14H23N3O2. The Morgan fingerprint density at radius 1 is 1.21 bits per heavy atom. The molecule has 106 valence electrons. The maximum atomic E-state index is 6.07. The lowest BCUT2D eigenvalue weighted by atomic mass is 9.99. The van der Waals surface area contributed by atoms with Crippen molar-refractivity contribution in [1.82, 2.24) is 4.98 Å². The lowest BCUT2D eigenvalue weighted by Gasteiger charge is -2.47. The van der Waals surface area contributed by atoms with Gasteiger partial charge < -0.3 is 20.1 Å². The van der Waals surface area contributed by atoms with Crippen molar-refractivity contribution < 1.29 is 9.47 Å². The van der Waals surface area contributed by atoms with Crippen LogP contribution in [0.25, 0.3) is 0 Å². The number of anilines is 2. The van der Waals surface area contributed by atoms with Gasteiger partial charge in [0, 0.05) is 13.1 Å². The molecule has 1 aromatic rings. The van der Waals surface area contributed by atoms with Crippen LogP contribution in [0.1, 0.15) is 27.7 Å². The molecule has 2 N–H and O–H groups in total. The van der Waals surface area contributed by atoms with Crippen LogP contribution in [0.3, 0.4) is 0 Å². The van der Waals surface area contributed by atoms with E-state index in [4.69, 9.17) is 15.2 Å². The number of nitrogens with two attached hydrogens (primary N) is 1. The number of methoxy groups -OCH3 is 1. The van der Waals surface area contributed by atoms with Crippen molar-refractivity contribution in [3.63, 3.8) is 0 Å². The van der Waals surface area contributed by atoms with Crippen molar-refractivity contribution in [3.8, 4) is 5.88 Å². The molecule has 0 aliphatic carbocycles. The molecule has 1 fully saturated rings. The first kappa shape index (κ1) is 13.9. The zero-order valence-electron chi connectivity index (χ0n) is 12.4. The Kier molecular flexibility index (Phi) is 3.34. The standard InChI is InChI=1S/C14H23N3O2/c1-13(2)8-17(9-14(3,4)19-13)11-7-6-10(15)12(16-11)18-5/h6-7H,8-9,15H2,1-5H3. The van der Waals surface area contributed by atoms with Gasteiger partial charge in [-0.05, 0) is 39.8 Å². The topological polar surface area (TPSA) is 60.6 Å². The minimum Gasteiger partial charge on any atom is -0.479 e. The Labute approximate surface area is 114 Å². The number of nitrogens with zero attached hydrogens (tertiary/aromatic N) is 2. The number of ether oxygens (including phenoxy) is 2. The summed E-state index contributed by atoms with van der Waals surface area (Å²) >= 11 is 0. The van der Waals surface area contributed by atoms with Crippen LogP contribution in [0.2, 0.25) is 0 Å². The fourth-order valence-electron chi connectivity index (χ4n) is 2.73. The van der Waals surface area contributed by atoms with E-state index in [0.29, 0.717) is 11.6 Å². The summed E-state index contributed by atoms with van der Waals surface area (Å²) in [6, 6.07) is 3.76. The zero-order chi connectivity index (χ0) is 14.3. The largest absolute Gasteiger partial charge is 0.479 e. The summed E-state index contributed by atoms with van der Waals surface area (Å²) in [6.45, 7) is 9.95. The van der Waals surface area contributed by atoms with Crippen molar-refractivity contribution in [3.05, 3.63) is 12.1 Å². The highest BCUT2D eigenvalue weighted by atomic mass is 16.5. The molecule has 0 aromatic carbocycles. The van der Waals surface area contributed by atoms with Gasteiger partial charge in [0.05, 0.1) is 24.0 Å². The smallest absolute Gasteiger partial charge is 0.238 e. The van der Waals surface area contributed by atoms with Crippen LogP contribution >= 0.6 is 0 Å². The Balaban J connectivity index is 2.30. The van der Waals surface area contributed by atoms with E-state index in [-0.39, 0.29) is 11.2 Å². The van der Waals surface area contributed by atoms with Gasteiger partial charge in [-0.25, -0.2) is 0 Å². The highest BCUT2D eigenvalue weighted by molar-refractivity contribution is 5.55. The number of hydrogen-bond donors (Lipinski definition) is 1. The molecule has 1 aliphatic rings. The van der Waals surface area contributed by atoms with Gasteiger partial charge in [0.15, 0.2) is 0 Å². The van der Waals surface area contributed by atoms with E-state index in [0.717, 1.165) is 18.9 Å². The maximum absolute atomic E-state index is 6.07. The zero-order valence-corrected chi connectivity index (χ0v) is 12.4. The monoisotopic (exact) mass is 265 g/mol. The molecule has 0 spiro atoms. The number of pyridine rings is 1. The summed E-state index contributed by atoms with van der Waals surface area (Å²) in [5.74, 6) is 1.34. The molecule has 1 saturated heterocycles. The number of nitrogen functional groups attached to an aromatic ring is 1. The van der Waals surface area contributed by atoms with E-state index in [1.165, 1.54) is 0 Å². The summed E-state index contributed by atoms with van der Waals surface area (Å²) in [7, 11) is 1.58. The van der Waals surface area contributed by atoms with Crippen molar-refractivity contribution in [2.75, 3.05) is 30.8 Å². The quantitative estimate of drug-likeness (QED) is 0.887. The van der Waals surface area contributed by atoms with Gasteiger partial charge in [-0.15, -0.1) is 0 Å². The normalized spacial score (nSPS) is 21.2. The molecule has 1 aliphatic heterocycles. The van der Waals surface area contributed by atoms with E-state index in [1.807, 2.05) is 12.1 Å². The van der Waals surface area contributed by atoms with Gasteiger partial charge in [0.25, 0.3) is 0 Å². The second kappa shape index (κ2) is 4.56. The van der Waals surface area contributed by atoms with Gasteiger partial charge in [0.1, 0.15) is 5.82 Å². The maximum Gasteiger partial charge on any atom is 0.238 e. The van der Waals surface area contributed by atoms with Gasteiger partial charge in [-0.3, -0.25) is 0 Å². The van der Waals surface area contributed by atoms with Gasteiger partial charge in [0.2, 0.25) is 5.88 Å². The van der Waals surface area contributed by atoms with Crippen LogP contribution in [0.5, 0.6) is 5.88 Å². The van der Waals surface area contributed by atoms with E-state index in [2.05, 4.69) is 37.6 Å². The number of morpholine rings is 1. The summed E-state index contributed by atoms with van der Waals surface area (Å²) in [4.78, 5) is 6.68. The number of rotatable bonds is 2. The first-order valence-corrected chi connectivity index (χ1v) is 6.48. The molecule has 2 rings (SSSR count). The molecule has 0 atom stereocenters. The third-order valence-electron chi connectivity index (χ3n) is 3.09. The predicted molar refractivity (Wildman–Crippen MR) is 76.7 cm³/mol. The Morgan fingerprint density at radius 2 is 1.79 bits per heavy atom. The number of aromatic nitrogens is 1. The molecular weight excluding hydrogens is 242 g/mol. The molecule has 19 heavy (non-hydrogen) atoms. The summed E-state index contributed by atoms with van der Waals surface area (Å²) in [6.07, 6.45) is 0. The summed E-state index contributed by atoms with van der Waals surface area (Å²) in [5.41, 5.74) is 5.94. The van der Waals surface area contributed by atoms with Crippen LogP contribution in [0, 0.1) is 0 Å².